The molecule has 0 aliphatic carbocycles. The molecule has 220 valence electrons. The number of nitrogens with one attached hydrogen (secondary N) is 1. The molecule has 0 saturated heterocycles. The predicted octanol–water partition coefficient (Wildman–Crippen LogP) is 6.81. The average molecular weight is 581 g/mol. The molecule has 1 N–H and O–H groups in total. The van der Waals surface area contributed by atoms with Crippen LogP contribution in [-0.4, -0.2) is 30.8 Å². The molecule has 0 spiro atoms. The third-order valence-corrected chi connectivity index (χ3v) is 6.80. The van der Waals surface area contributed by atoms with Crippen molar-refractivity contribution in [1.29, 1.82) is 0 Å². The van der Waals surface area contributed by atoms with E-state index >= 15 is 0 Å². The van der Waals surface area contributed by atoms with Crippen LogP contribution in [0.2, 0.25) is 0 Å². The van der Waals surface area contributed by atoms with E-state index in [9.17, 15) is 9.18 Å². The van der Waals surface area contributed by atoms with Gasteiger partial charge >= 0.3 is 5.91 Å². The minimum atomic E-state index is -0.503. The Kier molecular flexibility index (Phi) is 8.90. The number of aryl methyl sites for hydroxylation is 2. The smallest absolute Gasteiger partial charge is 0.307 e. The van der Waals surface area contributed by atoms with Gasteiger partial charge in [-0.2, -0.15) is 5.10 Å². The molecule has 0 unspecified atom stereocenters. The van der Waals surface area contributed by atoms with Crippen molar-refractivity contribution in [1.82, 2.24) is 9.99 Å². The number of benzene rings is 3. The first-order valence-electron chi connectivity index (χ1n) is 13.8. The number of nitrogens with zero attached hydrogens (tertiary/aromatic N) is 3. The normalized spacial score (nSPS) is 11.1. The molecule has 43 heavy (non-hydrogen) atoms. The molecule has 3 aromatic carbocycles. The number of aromatic nitrogens is 1. The summed E-state index contributed by atoms with van der Waals surface area (Å²) in [6, 6.07) is 27.1. The van der Waals surface area contributed by atoms with Crippen LogP contribution < -0.4 is 19.8 Å². The van der Waals surface area contributed by atoms with E-state index in [-0.39, 0.29) is 24.8 Å². The molecule has 0 aliphatic heterocycles. The number of hydrazone groups is 1. The van der Waals surface area contributed by atoms with Gasteiger partial charge in [-0.1, -0.05) is 12.1 Å². The molecule has 0 radical (unpaired) electrons. The van der Waals surface area contributed by atoms with Crippen molar-refractivity contribution in [3.63, 3.8) is 0 Å². The van der Waals surface area contributed by atoms with Gasteiger partial charge < -0.3 is 23.4 Å². The minimum absolute atomic E-state index is 0.107. The predicted molar refractivity (Wildman–Crippen MR) is 165 cm³/mol. The summed E-state index contributed by atoms with van der Waals surface area (Å²) < 4.78 is 33.3. The van der Waals surface area contributed by atoms with Crippen LogP contribution >= 0.6 is 0 Å². The molecule has 0 atom stereocenters. The van der Waals surface area contributed by atoms with Crippen molar-refractivity contribution in [2.24, 2.45) is 5.10 Å². The van der Waals surface area contributed by atoms with Crippen molar-refractivity contribution in [2.75, 3.05) is 19.0 Å². The minimum Gasteiger partial charge on any atom is -0.488 e. The van der Waals surface area contributed by atoms with E-state index < -0.39 is 5.91 Å². The van der Waals surface area contributed by atoms with Gasteiger partial charge in [0, 0.05) is 48.5 Å². The number of anilines is 1. The van der Waals surface area contributed by atoms with Gasteiger partial charge in [0.25, 0.3) is 0 Å². The Hall–Kier alpha value is -5.31. The Morgan fingerprint density at radius 1 is 0.930 bits per heavy atom. The Balaban J connectivity index is 1.18. The molecule has 0 aliphatic rings. The lowest BCUT2D eigenvalue weighted by Crippen LogP contribution is -2.17. The maximum Gasteiger partial charge on any atom is 0.307 e. The third kappa shape index (κ3) is 7.32. The molecule has 0 saturated carbocycles. The molecule has 0 fully saturated rings. The number of ether oxygens (including phenoxy) is 2. The number of amides is 1. The molecule has 5 aromatic rings. The van der Waals surface area contributed by atoms with Gasteiger partial charge in [0.1, 0.15) is 36.3 Å². The largest absolute Gasteiger partial charge is 0.488 e. The van der Waals surface area contributed by atoms with Crippen molar-refractivity contribution < 1.29 is 23.1 Å². The van der Waals surface area contributed by atoms with E-state index in [1.54, 1.807) is 24.3 Å². The molecule has 0 bridgehead atoms. The lowest BCUT2D eigenvalue weighted by molar-refractivity contribution is 0.0923. The number of halogens is 1. The molecule has 2 aromatic heterocycles. The Morgan fingerprint density at radius 3 is 2.42 bits per heavy atom. The van der Waals surface area contributed by atoms with Crippen LogP contribution in [0, 0.1) is 19.7 Å². The summed E-state index contributed by atoms with van der Waals surface area (Å²) in [7, 11) is 3.84. The van der Waals surface area contributed by atoms with E-state index in [2.05, 4.69) is 41.1 Å². The van der Waals surface area contributed by atoms with E-state index in [1.165, 1.54) is 18.3 Å². The summed E-state index contributed by atoms with van der Waals surface area (Å²) in [6.07, 6.45) is 1.49. The van der Waals surface area contributed by atoms with Gasteiger partial charge in [-0.25, -0.2) is 9.82 Å². The first kappa shape index (κ1) is 29.2. The Morgan fingerprint density at radius 2 is 1.70 bits per heavy atom. The highest BCUT2D eigenvalue weighted by atomic mass is 19.1. The summed E-state index contributed by atoms with van der Waals surface area (Å²) in [5.41, 5.74) is 8.13. The zero-order chi connectivity index (χ0) is 30.3. The third-order valence-electron chi connectivity index (χ3n) is 6.80. The standard InChI is InChI=1S/C34H33FN4O4/c1-23-8-9-24(2)39(23)28-12-14-30(15-13-28)41-22-31-16-17-32(43-31)34(40)37-36-20-26-10-11-29(38(3)4)19-33(26)42-21-25-6-5-7-27(35)18-25/h5-20H,21-22H2,1-4H3,(H,37,40)/b36-20+. The number of furan rings is 1. The van der Waals surface area contributed by atoms with Crippen LogP contribution in [0.1, 0.15) is 38.8 Å². The number of carbonyl (C=O) groups is 1. The quantitative estimate of drug-likeness (QED) is 0.137. The van der Waals surface area contributed by atoms with Crippen LogP contribution in [0.15, 0.2) is 101 Å². The highest BCUT2D eigenvalue weighted by molar-refractivity contribution is 5.93. The second kappa shape index (κ2) is 13.1. The molecular weight excluding hydrogens is 547 g/mol. The van der Waals surface area contributed by atoms with Crippen molar-refractivity contribution >= 4 is 17.8 Å². The molecule has 8 nitrogen and oxygen atoms in total. The zero-order valence-corrected chi connectivity index (χ0v) is 24.5. The van der Waals surface area contributed by atoms with Crippen LogP contribution in [0.4, 0.5) is 10.1 Å². The van der Waals surface area contributed by atoms with E-state index in [0.717, 1.165) is 22.8 Å². The van der Waals surface area contributed by atoms with Crippen molar-refractivity contribution in [2.45, 2.75) is 27.1 Å². The fraction of sp³-hybridized carbons (Fsp3) is 0.176. The molecular formula is C34H33FN4O4. The van der Waals surface area contributed by atoms with Crippen molar-refractivity contribution in [3.05, 3.63) is 131 Å². The topological polar surface area (TPSA) is 81.2 Å². The van der Waals surface area contributed by atoms with E-state index in [4.69, 9.17) is 13.9 Å². The lowest BCUT2D eigenvalue weighted by Gasteiger charge is -2.16. The monoisotopic (exact) mass is 580 g/mol. The Labute approximate surface area is 250 Å². The number of carbonyl (C=O) groups excluding carboxylic acids is 1. The summed E-state index contributed by atoms with van der Waals surface area (Å²) in [5, 5.41) is 4.10. The number of hydrogen-bond donors (Lipinski definition) is 1. The van der Waals surface area contributed by atoms with Gasteiger partial charge in [-0.3, -0.25) is 4.79 Å². The van der Waals surface area contributed by atoms with Gasteiger partial charge in [-0.05, 0) is 92.2 Å². The summed E-state index contributed by atoms with van der Waals surface area (Å²) in [5.74, 6) is 1.01. The maximum absolute atomic E-state index is 13.6. The summed E-state index contributed by atoms with van der Waals surface area (Å²) in [4.78, 5) is 14.6. The first-order valence-corrected chi connectivity index (χ1v) is 13.8. The summed E-state index contributed by atoms with van der Waals surface area (Å²) in [6.45, 7) is 4.48. The van der Waals surface area contributed by atoms with Crippen LogP contribution in [0.25, 0.3) is 5.69 Å². The van der Waals surface area contributed by atoms with Gasteiger partial charge in [0.15, 0.2) is 5.76 Å². The fourth-order valence-electron chi connectivity index (χ4n) is 4.54. The van der Waals surface area contributed by atoms with Crippen LogP contribution in [0.3, 0.4) is 0 Å². The average Bonchev–Trinajstić information content (AvgIpc) is 3.61. The van der Waals surface area contributed by atoms with E-state index in [1.807, 2.05) is 61.5 Å². The molecule has 2 heterocycles. The first-order chi connectivity index (χ1) is 20.8. The highest BCUT2D eigenvalue weighted by Gasteiger charge is 2.12. The molecule has 5 rings (SSSR count). The van der Waals surface area contributed by atoms with Crippen molar-refractivity contribution in [3.8, 4) is 17.2 Å². The van der Waals surface area contributed by atoms with E-state index in [0.29, 0.717) is 28.4 Å². The highest BCUT2D eigenvalue weighted by Crippen LogP contribution is 2.25. The number of hydrogen-bond acceptors (Lipinski definition) is 6. The lowest BCUT2D eigenvalue weighted by atomic mass is 10.2. The SMILES string of the molecule is Cc1ccc(C)n1-c1ccc(OCc2ccc(C(=O)N/N=C/c3ccc(N(C)C)cc3OCc3cccc(F)c3)o2)cc1. The van der Waals surface area contributed by atoms with Gasteiger partial charge in [-0.15, -0.1) is 0 Å². The maximum atomic E-state index is 13.6. The Bertz CT molecular complexity index is 1720. The van der Waals surface area contributed by atoms with Gasteiger partial charge in [0.2, 0.25) is 0 Å². The second-order valence-electron chi connectivity index (χ2n) is 10.2. The second-order valence-corrected chi connectivity index (χ2v) is 10.2. The van der Waals surface area contributed by atoms with Crippen LogP contribution in [-0.2, 0) is 13.2 Å². The zero-order valence-electron chi connectivity index (χ0n) is 24.5. The van der Waals surface area contributed by atoms with Crippen LogP contribution in [0.5, 0.6) is 11.5 Å². The fourth-order valence-corrected chi connectivity index (χ4v) is 4.54. The summed E-state index contributed by atoms with van der Waals surface area (Å²) >= 11 is 0. The van der Waals surface area contributed by atoms with Gasteiger partial charge in [0.05, 0.1) is 6.21 Å². The number of rotatable bonds is 11. The molecule has 1 amide bonds. The molecule has 9 heteroatoms.